The highest BCUT2D eigenvalue weighted by atomic mass is 16.6. The fourth-order valence-corrected chi connectivity index (χ4v) is 5.54. The first kappa shape index (κ1) is 43.3. The Labute approximate surface area is 276 Å². The Morgan fingerprint density at radius 3 is 1.38 bits per heavy atom. The number of nitrogens with zero attached hydrogens (tertiary/aromatic N) is 1. The second kappa shape index (κ2) is 29.7. The van der Waals surface area contributed by atoms with Gasteiger partial charge in [0.1, 0.15) is 12.6 Å². The summed E-state index contributed by atoms with van der Waals surface area (Å²) in [5, 5.41) is 11.5. The third-order valence-corrected chi connectivity index (χ3v) is 8.49. The maximum Gasteiger partial charge on any atom is 0.306 e. The van der Waals surface area contributed by atoms with Crippen molar-refractivity contribution in [3.63, 3.8) is 0 Å². The average molecular weight is 642 g/mol. The van der Waals surface area contributed by atoms with Crippen molar-refractivity contribution >= 4 is 17.9 Å². The first-order valence-corrected chi connectivity index (χ1v) is 18.6. The molecule has 2 unspecified atom stereocenters. The van der Waals surface area contributed by atoms with Crippen LogP contribution >= 0.6 is 0 Å². The lowest BCUT2D eigenvalue weighted by molar-refractivity contribution is -0.889. The molecule has 0 aromatic heterocycles. The van der Waals surface area contributed by atoms with Crippen molar-refractivity contribution in [3.05, 3.63) is 0 Å². The Balaban J connectivity index is 4.39. The number of carboxylic acid groups (broad SMARTS) is 1. The molecule has 0 aliphatic carbocycles. The van der Waals surface area contributed by atoms with Crippen LogP contribution in [0, 0.1) is 0 Å². The zero-order chi connectivity index (χ0) is 33.6. The summed E-state index contributed by atoms with van der Waals surface area (Å²) in [6.45, 7) is 4.63. The summed E-state index contributed by atoms with van der Waals surface area (Å²) in [7, 11) is 5.40. The van der Waals surface area contributed by atoms with Crippen molar-refractivity contribution in [2.24, 2.45) is 0 Å². The maximum atomic E-state index is 12.6. The molecule has 0 spiro atoms. The van der Waals surface area contributed by atoms with E-state index in [-0.39, 0.29) is 42.7 Å². The number of hydrogen-bond donors (Lipinski definition) is 0. The molecule has 0 rings (SSSR count). The second-order valence-electron chi connectivity index (χ2n) is 13.8. The fourth-order valence-electron chi connectivity index (χ4n) is 5.54. The lowest BCUT2D eigenvalue weighted by Crippen LogP contribution is -2.55. The van der Waals surface area contributed by atoms with Crippen LogP contribution in [-0.2, 0) is 28.6 Å². The lowest BCUT2D eigenvalue weighted by atomic mass is 10.0. The van der Waals surface area contributed by atoms with Crippen LogP contribution in [0.4, 0.5) is 0 Å². The number of carbonyl (C=O) groups excluding carboxylic acids is 3. The minimum atomic E-state index is -1.12. The Kier molecular flexibility index (Phi) is 28.6. The van der Waals surface area contributed by atoms with E-state index >= 15 is 0 Å². The fraction of sp³-hybridized carbons (Fsp3) is 0.919. The van der Waals surface area contributed by atoms with Crippen LogP contribution in [0.1, 0.15) is 168 Å². The summed E-state index contributed by atoms with van der Waals surface area (Å²) < 4.78 is 17.0. The molecule has 0 aromatic carbocycles. The van der Waals surface area contributed by atoms with E-state index in [1.54, 1.807) is 21.1 Å². The van der Waals surface area contributed by atoms with E-state index in [1.165, 1.54) is 96.3 Å². The van der Waals surface area contributed by atoms with Crippen LogP contribution < -0.4 is 5.11 Å². The molecule has 2 atom stereocenters. The number of unbranched alkanes of at least 4 members (excludes halogenated alkanes) is 19. The average Bonchev–Trinajstić information content (AvgIpc) is 2.98. The van der Waals surface area contributed by atoms with E-state index in [1.807, 2.05) is 0 Å². The van der Waals surface area contributed by atoms with E-state index in [0.717, 1.165) is 38.5 Å². The monoisotopic (exact) mass is 642 g/mol. The van der Waals surface area contributed by atoms with Gasteiger partial charge in [-0.3, -0.25) is 9.59 Å². The number of carbonyl (C=O) groups is 3. The van der Waals surface area contributed by atoms with Gasteiger partial charge < -0.3 is 28.6 Å². The zero-order valence-corrected chi connectivity index (χ0v) is 30.1. The third kappa shape index (κ3) is 28.3. The molecule has 0 bridgehead atoms. The van der Waals surface area contributed by atoms with Gasteiger partial charge in [-0.1, -0.05) is 136 Å². The van der Waals surface area contributed by atoms with Gasteiger partial charge in [-0.05, 0) is 12.8 Å². The van der Waals surface area contributed by atoms with E-state index < -0.39 is 18.1 Å². The molecule has 0 aromatic rings. The molecule has 0 heterocycles. The molecular formula is C37H71NO7. The zero-order valence-electron chi connectivity index (χ0n) is 30.1. The number of ether oxygens (including phenoxy) is 3. The molecule has 0 amide bonds. The Bertz CT molecular complexity index is 722. The van der Waals surface area contributed by atoms with Gasteiger partial charge in [0.25, 0.3) is 0 Å². The number of aliphatic carboxylic acids is 1. The quantitative estimate of drug-likeness (QED) is 0.0411. The number of rotatable bonds is 33. The van der Waals surface area contributed by atoms with Gasteiger partial charge in [-0.15, -0.1) is 0 Å². The smallest absolute Gasteiger partial charge is 0.306 e. The van der Waals surface area contributed by atoms with Crippen molar-refractivity contribution < 1.29 is 38.2 Å². The van der Waals surface area contributed by atoms with Gasteiger partial charge in [0.05, 0.1) is 40.3 Å². The summed E-state index contributed by atoms with van der Waals surface area (Å²) in [6.07, 6.45) is 25.5. The summed E-state index contributed by atoms with van der Waals surface area (Å²) in [5.41, 5.74) is 0. The highest BCUT2D eigenvalue weighted by molar-refractivity contribution is 5.70. The number of likely N-dealkylation sites (N-methyl/N-ethyl adjacent to an activating group) is 1. The first-order chi connectivity index (χ1) is 21.6. The summed E-state index contributed by atoms with van der Waals surface area (Å²) in [4.78, 5) is 36.5. The molecule has 8 heteroatoms. The summed E-state index contributed by atoms with van der Waals surface area (Å²) in [5.74, 6) is -1.73. The Morgan fingerprint density at radius 1 is 0.578 bits per heavy atom. The molecule has 0 aliphatic rings. The minimum Gasteiger partial charge on any atom is -0.544 e. The number of esters is 2. The molecule has 45 heavy (non-hydrogen) atoms. The number of quaternary nitrogens is 1. The predicted molar refractivity (Wildman–Crippen MR) is 181 cm³/mol. The topological polar surface area (TPSA) is 102 Å². The highest BCUT2D eigenvalue weighted by Crippen LogP contribution is 2.14. The molecule has 0 radical (unpaired) electrons. The van der Waals surface area contributed by atoms with Gasteiger partial charge in [0, 0.05) is 19.3 Å². The molecular weight excluding hydrogens is 570 g/mol. The predicted octanol–water partition coefficient (Wildman–Crippen LogP) is 7.68. The van der Waals surface area contributed by atoms with Crippen LogP contribution in [0.3, 0.4) is 0 Å². The normalized spacial score (nSPS) is 13.0. The summed E-state index contributed by atoms with van der Waals surface area (Å²) >= 11 is 0. The largest absolute Gasteiger partial charge is 0.544 e. The highest BCUT2D eigenvalue weighted by Gasteiger charge is 2.25. The van der Waals surface area contributed by atoms with Crippen molar-refractivity contribution in [3.8, 4) is 0 Å². The molecule has 0 aliphatic heterocycles. The van der Waals surface area contributed by atoms with E-state index in [0.29, 0.717) is 12.8 Å². The molecule has 0 saturated heterocycles. The third-order valence-electron chi connectivity index (χ3n) is 8.49. The Hall–Kier alpha value is -1.67. The summed E-state index contributed by atoms with van der Waals surface area (Å²) in [6, 6.07) is -0.717. The molecule has 266 valence electrons. The van der Waals surface area contributed by atoms with Gasteiger partial charge >= 0.3 is 11.9 Å². The second-order valence-corrected chi connectivity index (χ2v) is 13.8. The number of hydrogen-bond acceptors (Lipinski definition) is 7. The lowest BCUT2D eigenvalue weighted by Gasteiger charge is -2.34. The minimum absolute atomic E-state index is 0.0479. The van der Waals surface area contributed by atoms with E-state index in [2.05, 4.69) is 13.8 Å². The Morgan fingerprint density at radius 2 is 0.978 bits per heavy atom. The van der Waals surface area contributed by atoms with Crippen molar-refractivity contribution in [2.75, 3.05) is 41.0 Å². The van der Waals surface area contributed by atoms with Gasteiger partial charge in [0.15, 0.2) is 6.10 Å². The van der Waals surface area contributed by atoms with Gasteiger partial charge in [0.2, 0.25) is 0 Å². The van der Waals surface area contributed by atoms with Crippen LogP contribution in [0.5, 0.6) is 0 Å². The van der Waals surface area contributed by atoms with Crippen molar-refractivity contribution in [2.45, 2.75) is 180 Å². The van der Waals surface area contributed by atoms with Crippen molar-refractivity contribution in [1.82, 2.24) is 0 Å². The first-order valence-electron chi connectivity index (χ1n) is 18.6. The molecule has 8 nitrogen and oxygen atoms in total. The van der Waals surface area contributed by atoms with Gasteiger partial charge in [-0.25, -0.2) is 0 Å². The standard InChI is InChI=1S/C37H71NO7/c1-6-8-10-12-14-16-17-18-19-20-22-24-26-28-36(40)45-33(31-43-30-29-34(37(41)42)38(3,4)5)32-44-35(39)27-25-23-21-15-13-11-9-7-2/h33-34H,6-32H2,1-5H3. The maximum absolute atomic E-state index is 12.6. The SMILES string of the molecule is CCCCCCCCCCCCCCCC(=O)OC(COCCC(C(=O)[O-])[N+](C)(C)C)COC(=O)CCCCCCCCCC. The number of carboxylic acids is 1. The van der Waals surface area contributed by atoms with Crippen LogP contribution in [0.2, 0.25) is 0 Å². The van der Waals surface area contributed by atoms with Crippen molar-refractivity contribution in [1.29, 1.82) is 0 Å². The molecule has 0 saturated carbocycles. The van der Waals surface area contributed by atoms with Crippen LogP contribution in [0.25, 0.3) is 0 Å². The van der Waals surface area contributed by atoms with Crippen LogP contribution in [0.15, 0.2) is 0 Å². The van der Waals surface area contributed by atoms with E-state index in [4.69, 9.17) is 14.2 Å². The molecule has 0 N–H and O–H groups in total. The molecule has 0 fully saturated rings. The van der Waals surface area contributed by atoms with E-state index in [9.17, 15) is 19.5 Å². The van der Waals surface area contributed by atoms with Crippen LogP contribution in [-0.4, -0.2) is 75.5 Å². The van der Waals surface area contributed by atoms with Gasteiger partial charge in [-0.2, -0.15) is 0 Å².